The number of ether oxygens (including phenoxy) is 1. The molecule has 1 amide bonds. The number of aromatic nitrogens is 1. The van der Waals surface area contributed by atoms with E-state index >= 15 is 0 Å². The summed E-state index contributed by atoms with van der Waals surface area (Å²) in [5, 5.41) is 5.69. The van der Waals surface area contributed by atoms with Crippen LogP contribution in [0.1, 0.15) is 11.3 Å². The number of rotatable bonds is 7. The molecule has 25 heavy (non-hydrogen) atoms. The number of hydrogen-bond donors (Lipinski definition) is 1. The SMILES string of the molecule is C=CCNC(=O)Cc1csc(-c2cccc(CN3CCOCC3)c2)n1. The van der Waals surface area contributed by atoms with Gasteiger partial charge in [-0.15, -0.1) is 17.9 Å². The molecule has 0 radical (unpaired) electrons. The van der Waals surface area contributed by atoms with Crippen molar-refractivity contribution in [2.75, 3.05) is 32.8 Å². The molecule has 1 aromatic carbocycles. The highest BCUT2D eigenvalue weighted by atomic mass is 32.1. The summed E-state index contributed by atoms with van der Waals surface area (Å²) in [5.41, 5.74) is 3.19. The summed E-state index contributed by atoms with van der Waals surface area (Å²) in [6.07, 6.45) is 1.97. The van der Waals surface area contributed by atoms with E-state index in [0.717, 1.165) is 49.1 Å². The maximum atomic E-state index is 11.8. The highest BCUT2D eigenvalue weighted by molar-refractivity contribution is 7.13. The number of nitrogens with zero attached hydrogens (tertiary/aromatic N) is 2. The zero-order valence-electron chi connectivity index (χ0n) is 14.2. The molecular formula is C19H23N3O2S. The zero-order chi connectivity index (χ0) is 17.5. The minimum Gasteiger partial charge on any atom is -0.379 e. The Labute approximate surface area is 152 Å². The van der Waals surface area contributed by atoms with Crippen LogP contribution in [-0.4, -0.2) is 48.6 Å². The van der Waals surface area contributed by atoms with E-state index in [4.69, 9.17) is 4.74 Å². The average molecular weight is 357 g/mol. The first-order chi connectivity index (χ1) is 12.2. The van der Waals surface area contributed by atoms with Gasteiger partial charge < -0.3 is 10.1 Å². The highest BCUT2D eigenvalue weighted by Crippen LogP contribution is 2.25. The van der Waals surface area contributed by atoms with Crippen molar-refractivity contribution in [1.29, 1.82) is 0 Å². The van der Waals surface area contributed by atoms with Crippen molar-refractivity contribution in [3.8, 4) is 10.6 Å². The number of carbonyl (C=O) groups is 1. The van der Waals surface area contributed by atoms with E-state index < -0.39 is 0 Å². The quantitative estimate of drug-likeness (QED) is 0.774. The van der Waals surface area contributed by atoms with E-state index in [9.17, 15) is 4.79 Å². The van der Waals surface area contributed by atoms with Gasteiger partial charge in [-0.2, -0.15) is 0 Å². The van der Waals surface area contributed by atoms with E-state index in [1.165, 1.54) is 5.56 Å². The third-order valence-corrected chi connectivity index (χ3v) is 4.96. The molecule has 6 heteroatoms. The fraction of sp³-hybridized carbons (Fsp3) is 0.368. The molecule has 1 N–H and O–H groups in total. The lowest BCUT2D eigenvalue weighted by molar-refractivity contribution is -0.120. The van der Waals surface area contributed by atoms with Crippen LogP contribution < -0.4 is 5.32 Å². The third kappa shape index (κ3) is 5.22. The van der Waals surface area contributed by atoms with Gasteiger partial charge >= 0.3 is 0 Å². The van der Waals surface area contributed by atoms with Crippen molar-refractivity contribution in [3.63, 3.8) is 0 Å². The van der Waals surface area contributed by atoms with Crippen LogP contribution in [0.2, 0.25) is 0 Å². The van der Waals surface area contributed by atoms with Gasteiger partial charge in [0.15, 0.2) is 0 Å². The van der Waals surface area contributed by atoms with Crippen LogP contribution in [0.3, 0.4) is 0 Å². The second-order valence-corrected chi connectivity index (χ2v) is 6.86. The summed E-state index contributed by atoms with van der Waals surface area (Å²) in [6.45, 7) is 8.58. The first-order valence-electron chi connectivity index (χ1n) is 8.46. The van der Waals surface area contributed by atoms with Crippen LogP contribution in [-0.2, 0) is 22.5 Å². The topological polar surface area (TPSA) is 54.5 Å². The molecule has 0 spiro atoms. The third-order valence-electron chi connectivity index (χ3n) is 4.02. The number of hydrogen-bond acceptors (Lipinski definition) is 5. The standard InChI is InChI=1S/C19H23N3O2S/c1-2-6-20-18(23)12-17-14-25-19(21-17)16-5-3-4-15(11-16)13-22-7-9-24-10-8-22/h2-5,11,14H,1,6-10,12-13H2,(H,20,23). The molecule has 5 nitrogen and oxygen atoms in total. The molecule has 0 saturated carbocycles. The minimum atomic E-state index is -0.0298. The molecule has 0 unspecified atom stereocenters. The summed E-state index contributed by atoms with van der Waals surface area (Å²) in [7, 11) is 0. The molecule has 0 bridgehead atoms. The molecular weight excluding hydrogens is 334 g/mol. The summed E-state index contributed by atoms with van der Waals surface area (Å²) >= 11 is 1.58. The molecule has 1 saturated heterocycles. The van der Waals surface area contributed by atoms with Gasteiger partial charge in [-0.25, -0.2) is 4.98 Å². The van der Waals surface area contributed by atoms with Crippen molar-refractivity contribution < 1.29 is 9.53 Å². The number of carbonyl (C=O) groups excluding carboxylic acids is 1. The molecule has 0 atom stereocenters. The molecule has 3 rings (SSSR count). The Morgan fingerprint density at radius 2 is 2.24 bits per heavy atom. The molecule has 1 fully saturated rings. The number of benzene rings is 1. The maximum Gasteiger partial charge on any atom is 0.226 e. The van der Waals surface area contributed by atoms with Crippen molar-refractivity contribution in [2.45, 2.75) is 13.0 Å². The van der Waals surface area contributed by atoms with Crippen LogP contribution in [0.5, 0.6) is 0 Å². The number of nitrogens with one attached hydrogen (secondary N) is 1. The summed E-state index contributed by atoms with van der Waals surface area (Å²) in [5.74, 6) is -0.0298. The molecule has 0 aliphatic carbocycles. The lowest BCUT2D eigenvalue weighted by Gasteiger charge is -2.26. The molecule has 132 valence electrons. The van der Waals surface area contributed by atoms with Gasteiger partial charge in [0.1, 0.15) is 5.01 Å². The average Bonchev–Trinajstić information content (AvgIpc) is 3.09. The Morgan fingerprint density at radius 3 is 3.04 bits per heavy atom. The smallest absolute Gasteiger partial charge is 0.226 e. The summed E-state index contributed by atoms with van der Waals surface area (Å²) in [6, 6.07) is 8.48. The first kappa shape index (κ1) is 17.8. The van der Waals surface area contributed by atoms with Crippen LogP contribution in [0, 0.1) is 0 Å². The maximum absolute atomic E-state index is 11.8. The highest BCUT2D eigenvalue weighted by Gasteiger charge is 2.12. The fourth-order valence-electron chi connectivity index (χ4n) is 2.75. The number of thiazole rings is 1. The van der Waals surface area contributed by atoms with Crippen LogP contribution in [0.25, 0.3) is 10.6 Å². The van der Waals surface area contributed by atoms with Crippen molar-refractivity contribution >= 4 is 17.2 Å². The van der Waals surface area contributed by atoms with E-state index in [1.54, 1.807) is 17.4 Å². The van der Waals surface area contributed by atoms with E-state index in [1.807, 2.05) is 5.38 Å². The van der Waals surface area contributed by atoms with Gasteiger partial charge in [-0.3, -0.25) is 9.69 Å². The van der Waals surface area contributed by atoms with Crippen molar-refractivity contribution in [2.24, 2.45) is 0 Å². The molecule has 2 heterocycles. The molecule has 1 aliphatic heterocycles. The monoisotopic (exact) mass is 357 g/mol. The number of amides is 1. The second-order valence-electron chi connectivity index (χ2n) is 6.00. The van der Waals surface area contributed by atoms with Crippen molar-refractivity contribution in [1.82, 2.24) is 15.2 Å². The van der Waals surface area contributed by atoms with Crippen LogP contribution in [0.15, 0.2) is 42.3 Å². The number of morpholine rings is 1. The lowest BCUT2D eigenvalue weighted by Crippen LogP contribution is -2.35. The fourth-order valence-corrected chi connectivity index (χ4v) is 3.57. The summed E-state index contributed by atoms with van der Waals surface area (Å²) in [4.78, 5) is 18.8. The molecule has 2 aromatic rings. The van der Waals surface area contributed by atoms with E-state index in [2.05, 4.69) is 46.0 Å². The first-order valence-corrected chi connectivity index (χ1v) is 9.34. The Morgan fingerprint density at radius 1 is 1.40 bits per heavy atom. The summed E-state index contributed by atoms with van der Waals surface area (Å²) < 4.78 is 5.40. The van der Waals surface area contributed by atoms with Gasteiger partial charge in [-0.1, -0.05) is 24.3 Å². The Hall–Kier alpha value is -2.02. The predicted octanol–water partition coefficient (Wildman–Crippen LogP) is 2.49. The molecule has 1 aromatic heterocycles. The van der Waals surface area contributed by atoms with Gasteiger partial charge in [0.25, 0.3) is 0 Å². The van der Waals surface area contributed by atoms with Gasteiger partial charge in [-0.05, 0) is 11.6 Å². The molecule has 1 aliphatic rings. The predicted molar refractivity (Wildman–Crippen MR) is 101 cm³/mol. The zero-order valence-corrected chi connectivity index (χ0v) is 15.1. The Bertz CT molecular complexity index is 723. The second kappa shape index (κ2) is 8.89. The van der Waals surface area contributed by atoms with Crippen molar-refractivity contribution in [3.05, 3.63) is 53.6 Å². The Kier molecular flexibility index (Phi) is 6.33. The van der Waals surface area contributed by atoms with Gasteiger partial charge in [0.2, 0.25) is 5.91 Å². The van der Waals surface area contributed by atoms with Crippen LogP contribution >= 0.6 is 11.3 Å². The lowest BCUT2D eigenvalue weighted by atomic mass is 10.1. The van der Waals surface area contributed by atoms with Crippen LogP contribution in [0.4, 0.5) is 0 Å². The van der Waals surface area contributed by atoms with Gasteiger partial charge in [0.05, 0.1) is 25.3 Å². The van der Waals surface area contributed by atoms with E-state index in [0.29, 0.717) is 13.0 Å². The normalized spacial score (nSPS) is 15.0. The van der Waals surface area contributed by atoms with Gasteiger partial charge in [0, 0.05) is 37.1 Å². The largest absolute Gasteiger partial charge is 0.379 e. The Balaban J connectivity index is 1.64. The van der Waals surface area contributed by atoms with E-state index in [-0.39, 0.29) is 5.91 Å². The minimum absolute atomic E-state index is 0.0298.